The van der Waals surface area contributed by atoms with Crippen LogP contribution in [0.2, 0.25) is 0 Å². The molecule has 2 fully saturated rings. The molecular formula is C23H29N9O. The van der Waals surface area contributed by atoms with Gasteiger partial charge < -0.3 is 25.0 Å². The maximum atomic E-state index is 12.7. The summed E-state index contributed by atoms with van der Waals surface area (Å²) in [6, 6.07) is 8.62. The molecule has 1 unspecified atom stereocenters. The van der Waals surface area contributed by atoms with Crippen LogP contribution in [0.25, 0.3) is 11.2 Å². The number of aryl methyl sites for hydroxylation is 1. The topological polar surface area (TPSA) is 117 Å². The fraction of sp³-hybridized carbons (Fsp3) is 0.478. The van der Waals surface area contributed by atoms with E-state index in [1.165, 1.54) is 18.5 Å². The van der Waals surface area contributed by atoms with Crippen molar-refractivity contribution in [3.8, 4) is 0 Å². The summed E-state index contributed by atoms with van der Waals surface area (Å²) in [6.45, 7) is 2.38. The van der Waals surface area contributed by atoms with Gasteiger partial charge in [-0.15, -0.1) is 0 Å². The molecule has 1 saturated heterocycles. The number of nitrogens with one attached hydrogen (secondary N) is 2. The number of nitrogens with two attached hydrogens (primary N) is 1. The Morgan fingerprint density at radius 2 is 1.97 bits per heavy atom. The van der Waals surface area contributed by atoms with Crippen LogP contribution in [0.4, 0.5) is 17.2 Å². The van der Waals surface area contributed by atoms with Gasteiger partial charge in [0.2, 0.25) is 5.82 Å². The highest BCUT2D eigenvalue weighted by atomic mass is 16.2. The van der Waals surface area contributed by atoms with Crippen molar-refractivity contribution in [2.75, 3.05) is 34.8 Å². The molecule has 4 N–H and O–H groups in total. The lowest BCUT2D eigenvalue weighted by Gasteiger charge is -2.39. The molecule has 3 aromatic rings. The van der Waals surface area contributed by atoms with Crippen LogP contribution in [0.3, 0.4) is 0 Å². The minimum absolute atomic E-state index is 0.152. The number of piperidine rings is 1. The molecule has 3 aliphatic rings. The van der Waals surface area contributed by atoms with E-state index in [-0.39, 0.29) is 12.2 Å². The smallest absolute Gasteiger partial charge is 0.287 e. The van der Waals surface area contributed by atoms with Gasteiger partial charge in [-0.3, -0.25) is 10.5 Å². The van der Waals surface area contributed by atoms with Crippen LogP contribution in [0.15, 0.2) is 30.6 Å². The fourth-order valence-electron chi connectivity index (χ4n) is 5.04. The quantitative estimate of drug-likeness (QED) is 0.541. The predicted octanol–water partition coefficient (Wildman–Crippen LogP) is 1.65. The van der Waals surface area contributed by atoms with E-state index in [0.717, 1.165) is 37.4 Å². The number of imidazole rings is 1. The second-order valence-electron chi connectivity index (χ2n) is 9.25. The van der Waals surface area contributed by atoms with Crippen molar-refractivity contribution in [1.29, 1.82) is 0 Å². The van der Waals surface area contributed by atoms with Gasteiger partial charge in [-0.05, 0) is 43.7 Å². The summed E-state index contributed by atoms with van der Waals surface area (Å²) < 4.78 is 1.77. The number of nitrogens with zero attached hydrogens (tertiary/aromatic N) is 6. The molecule has 2 aromatic heterocycles. The minimum atomic E-state index is -0.211. The monoisotopic (exact) mass is 447 g/mol. The molecule has 33 heavy (non-hydrogen) atoms. The zero-order chi connectivity index (χ0) is 22.5. The van der Waals surface area contributed by atoms with Gasteiger partial charge >= 0.3 is 0 Å². The van der Waals surface area contributed by atoms with Crippen LogP contribution in [-0.4, -0.2) is 57.4 Å². The van der Waals surface area contributed by atoms with Crippen molar-refractivity contribution < 1.29 is 4.79 Å². The van der Waals surface area contributed by atoms with Crippen LogP contribution >= 0.6 is 0 Å². The van der Waals surface area contributed by atoms with Gasteiger partial charge in [0.05, 0.1) is 11.4 Å². The average Bonchev–Trinajstić information content (AvgIpc) is 3.52. The largest absolute Gasteiger partial charge is 0.355 e. The van der Waals surface area contributed by atoms with Gasteiger partial charge in [-0.2, -0.15) is 0 Å². The van der Waals surface area contributed by atoms with Gasteiger partial charge in [-0.25, -0.2) is 15.0 Å². The molecule has 0 radical (unpaired) electrons. The van der Waals surface area contributed by atoms with Crippen molar-refractivity contribution in [3.05, 3.63) is 36.4 Å². The molecule has 0 bridgehead atoms. The third-order valence-electron chi connectivity index (χ3n) is 7.03. The summed E-state index contributed by atoms with van der Waals surface area (Å²) in [4.78, 5) is 30.9. The standard InChI is InChI=1S/C23H29N9O/c1-30-19-18(29-21(30)22(33)25-12-14-6-7-14)20(27-13-26-19)31-10-8-15(9-11-31)32-17-5-3-2-4-16(17)28-23(32)24/h2-5,13-15,23,28H,6-12,24H2,1H3,(H,25,33). The summed E-state index contributed by atoms with van der Waals surface area (Å²) in [6.07, 6.45) is 5.65. The summed E-state index contributed by atoms with van der Waals surface area (Å²) in [7, 11) is 1.84. The number of para-hydroxylation sites is 2. The number of carbonyl (C=O) groups is 1. The minimum Gasteiger partial charge on any atom is -0.355 e. The highest BCUT2D eigenvalue weighted by molar-refractivity contribution is 5.96. The molecule has 2 aliphatic heterocycles. The molecule has 0 spiro atoms. The zero-order valence-electron chi connectivity index (χ0n) is 18.7. The number of benzene rings is 1. The Balaban J connectivity index is 1.21. The number of carbonyl (C=O) groups excluding carboxylic acids is 1. The van der Waals surface area contributed by atoms with Crippen molar-refractivity contribution in [2.24, 2.45) is 18.7 Å². The van der Waals surface area contributed by atoms with E-state index in [1.807, 2.05) is 13.1 Å². The SMILES string of the molecule is Cn1c(C(=O)NCC2CC2)nc2c(N3CCC(N4c5ccccc5NC4N)CC3)ncnc21. The molecule has 4 heterocycles. The van der Waals surface area contributed by atoms with E-state index in [4.69, 9.17) is 5.73 Å². The van der Waals surface area contributed by atoms with Crippen LogP contribution < -0.4 is 26.2 Å². The maximum absolute atomic E-state index is 12.7. The van der Waals surface area contributed by atoms with E-state index in [2.05, 4.69) is 53.6 Å². The molecule has 1 aliphatic carbocycles. The second-order valence-corrected chi connectivity index (χ2v) is 9.25. The summed E-state index contributed by atoms with van der Waals surface area (Å²) in [5.74, 6) is 1.64. The van der Waals surface area contributed by atoms with Crippen molar-refractivity contribution in [2.45, 2.75) is 38.0 Å². The van der Waals surface area contributed by atoms with Gasteiger partial charge in [0, 0.05) is 32.7 Å². The summed E-state index contributed by atoms with van der Waals surface area (Å²) in [5.41, 5.74) is 10.0. The number of rotatable bonds is 5. The van der Waals surface area contributed by atoms with Crippen LogP contribution in [0, 0.1) is 5.92 Å². The number of hydrogen-bond acceptors (Lipinski definition) is 8. The lowest BCUT2D eigenvalue weighted by atomic mass is 10.0. The van der Waals surface area contributed by atoms with E-state index >= 15 is 0 Å². The molecule has 6 rings (SSSR count). The molecule has 10 heteroatoms. The first-order chi connectivity index (χ1) is 16.1. The number of fused-ring (bicyclic) bond motifs is 2. The first-order valence-electron chi connectivity index (χ1n) is 11.7. The van der Waals surface area contributed by atoms with Crippen LogP contribution in [-0.2, 0) is 7.05 Å². The van der Waals surface area contributed by atoms with Gasteiger partial charge in [0.15, 0.2) is 23.3 Å². The Bertz CT molecular complexity index is 1200. The highest BCUT2D eigenvalue weighted by Crippen LogP contribution is 2.37. The molecule has 1 amide bonds. The zero-order valence-corrected chi connectivity index (χ0v) is 18.7. The third-order valence-corrected chi connectivity index (χ3v) is 7.03. The van der Waals surface area contributed by atoms with Gasteiger partial charge in [-0.1, -0.05) is 12.1 Å². The number of aromatic nitrogens is 4. The molecule has 1 saturated carbocycles. The van der Waals surface area contributed by atoms with Crippen molar-refractivity contribution in [3.63, 3.8) is 0 Å². The van der Waals surface area contributed by atoms with E-state index in [0.29, 0.717) is 35.5 Å². The van der Waals surface area contributed by atoms with Gasteiger partial charge in [0.1, 0.15) is 6.33 Å². The Hall–Kier alpha value is -3.40. The molecule has 1 atom stereocenters. The predicted molar refractivity (Wildman–Crippen MR) is 127 cm³/mol. The molecule has 1 aromatic carbocycles. The van der Waals surface area contributed by atoms with E-state index in [9.17, 15) is 4.79 Å². The highest BCUT2D eigenvalue weighted by Gasteiger charge is 2.34. The van der Waals surface area contributed by atoms with Crippen LogP contribution in [0.5, 0.6) is 0 Å². The Morgan fingerprint density at radius 3 is 2.76 bits per heavy atom. The fourth-order valence-corrected chi connectivity index (χ4v) is 5.04. The Kier molecular flexibility index (Phi) is 4.83. The summed E-state index contributed by atoms with van der Waals surface area (Å²) in [5, 5.41) is 6.37. The third kappa shape index (κ3) is 3.54. The Morgan fingerprint density at radius 1 is 1.18 bits per heavy atom. The molecule has 10 nitrogen and oxygen atoms in total. The van der Waals surface area contributed by atoms with Crippen LogP contribution in [0.1, 0.15) is 36.3 Å². The number of amides is 1. The van der Waals surface area contributed by atoms with Crippen molar-refractivity contribution >= 4 is 34.3 Å². The maximum Gasteiger partial charge on any atom is 0.287 e. The van der Waals surface area contributed by atoms with E-state index < -0.39 is 0 Å². The van der Waals surface area contributed by atoms with E-state index in [1.54, 1.807) is 10.9 Å². The normalized spacial score (nSPS) is 20.7. The van der Waals surface area contributed by atoms with Crippen molar-refractivity contribution in [1.82, 2.24) is 24.8 Å². The first-order valence-corrected chi connectivity index (χ1v) is 11.7. The Labute approximate surface area is 192 Å². The molecular weight excluding hydrogens is 418 g/mol. The lowest BCUT2D eigenvalue weighted by molar-refractivity contribution is 0.0939. The average molecular weight is 448 g/mol. The molecule has 172 valence electrons. The lowest BCUT2D eigenvalue weighted by Crippen LogP contribution is -2.52. The number of hydrogen-bond donors (Lipinski definition) is 3. The van der Waals surface area contributed by atoms with Gasteiger partial charge in [0.25, 0.3) is 5.91 Å². The summed E-state index contributed by atoms with van der Waals surface area (Å²) >= 11 is 0. The first kappa shape index (κ1) is 20.2. The second kappa shape index (κ2) is 7.87. The number of anilines is 3.